The summed E-state index contributed by atoms with van der Waals surface area (Å²) < 4.78 is 10.9. The summed E-state index contributed by atoms with van der Waals surface area (Å²) in [6, 6.07) is 6.08. The number of ether oxygens (including phenoxy) is 2. The molecule has 0 saturated heterocycles. The molecule has 0 bridgehead atoms. The second kappa shape index (κ2) is 5.92. The Morgan fingerprint density at radius 1 is 1.29 bits per heavy atom. The highest BCUT2D eigenvalue weighted by Gasteiger charge is 2.22. The second-order valence-corrected chi connectivity index (χ2v) is 4.51. The van der Waals surface area contributed by atoms with Gasteiger partial charge in [0.2, 0.25) is 6.79 Å². The maximum absolute atomic E-state index is 5.88. The van der Waals surface area contributed by atoms with E-state index in [2.05, 4.69) is 13.0 Å². The SMILES string of the molecule is CCCCCC(CN)c1cccc2c1OCO2. The fraction of sp³-hybridized carbons (Fsp3) is 0.571. The van der Waals surface area contributed by atoms with Crippen LogP contribution in [0.2, 0.25) is 0 Å². The summed E-state index contributed by atoms with van der Waals surface area (Å²) in [6.45, 7) is 3.22. The predicted octanol–water partition coefficient (Wildman–Crippen LogP) is 3.04. The van der Waals surface area contributed by atoms with Crippen LogP contribution in [0.3, 0.4) is 0 Å². The van der Waals surface area contributed by atoms with Crippen molar-refractivity contribution in [2.24, 2.45) is 5.73 Å². The van der Waals surface area contributed by atoms with Crippen LogP contribution in [0.15, 0.2) is 18.2 Å². The fourth-order valence-corrected chi connectivity index (χ4v) is 2.32. The van der Waals surface area contributed by atoms with Crippen molar-refractivity contribution in [1.82, 2.24) is 0 Å². The van der Waals surface area contributed by atoms with Gasteiger partial charge in [0.1, 0.15) is 0 Å². The number of hydrogen-bond acceptors (Lipinski definition) is 3. The lowest BCUT2D eigenvalue weighted by Gasteiger charge is -2.16. The van der Waals surface area contributed by atoms with E-state index >= 15 is 0 Å². The molecule has 0 radical (unpaired) electrons. The van der Waals surface area contributed by atoms with E-state index in [9.17, 15) is 0 Å². The van der Waals surface area contributed by atoms with Gasteiger partial charge in [-0.2, -0.15) is 0 Å². The third-order valence-corrected chi connectivity index (χ3v) is 3.31. The Hall–Kier alpha value is -1.22. The van der Waals surface area contributed by atoms with Crippen molar-refractivity contribution in [3.05, 3.63) is 23.8 Å². The average molecular weight is 235 g/mol. The second-order valence-electron chi connectivity index (χ2n) is 4.51. The van der Waals surface area contributed by atoms with Gasteiger partial charge in [0.05, 0.1) is 0 Å². The minimum atomic E-state index is 0.332. The van der Waals surface area contributed by atoms with Gasteiger partial charge in [0, 0.05) is 5.56 Å². The van der Waals surface area contributed by atoms with Crippen molar-refractivity contribution in [3.63, 3.8) is 0 Å². The molecule has 2 rings (SSSR count). The zero-order chi connectivity index (χ0) is 12.1. The number of para-hydroxylation sites is 1. The summed E-state index contributed by atoms with van der Waals surface area (Å²) in [5.41, 5.74) is 7.09. The normalized spacial score (nSPS) is 14.9. The van der Waals surface area contributed by atoms with Gasteiger partial charge in [0.15, 0.2) is 11.5 Å². The molecule has 1 atom stereocenters. The van der Waals surface area contributed by atoms with Gasteiger partial charge in [-0.15, -0.1) is 0 Å². The maximum Gasteiger partial charge on any atom is 0.231 e. The number of hydrogen-bond donors (Lipinski definition) is 1. The molecule has 1 aromatic carbocycles. The van der Waals surface area contributed by atoms with Crippen molar-refractivity contribution in [2.75, 3.05) is 13.3 Å². The highest BCUT2D eigenvalue weighted by molar-refractivity contribution is 5.49. The topological polar surface area (TPSA) is 44.5 Å². The summed E-state index contributed by atoms with van der Waals surface area (Å²) in [5.74, 6) is 2.15. The molecule has 2 N–H and O–H groups in total. The Bertz CT molecular complexity index is 365. The lowest BCUT2D eigenvalue weighted by Crippen LogP contribution is -2.13. The van der Waals surface area contributed by atoms with Gasteiger partial charge in [-0.3, -0.25) is 0 Å². The molecule has 3 nitrogen and oxygen atoms in total. The Kier molecular flexibility index (Phi) is 4.26. The van der Waals surface area contributed by atoms with E-state index in [4.69, 9.17) is 15.2 Å². The molecule has 0 aliphatic carbocycles. The van der Waals surface area contributed by atoms with Crippen LogP contribution in [0.1, 0.15) is 44.1 Å². The first kappa shape index (κ1) is 12.2. The molecule has 17 heavy (non-hydrogen) atoms. The summed E-state index contributed by atoms with van der Waals surface area (Å²) >= 11 is 0. The van der Waals surface area contributed by atoms with Crippen molar-refractivity contribution in [3.8, 4) is 11.5 Å². The number of fused-ring (bicyclic) bond motifs is 1. The third kappa shape index (κ3) is 2.72. The van der Waals surface area contributed by atoms with Gasteiger partial charge in [-0.1, -0.05) is 38.3 Å². The quantitative estimate of drug-likeness (QED) is 0.771. The number of unbranched alkanes of at least 4 members (excludes halogenated alkanes) is 2. The van der Waals surface area contributed by atoms with E-state index < -0.39 is 0 Å². The van der Waals surface area contributed by atoms with Crippen LogP contribution in [0.5, 0.6) is 11.5 Å². The Labute approximate surface area is 103 Å². The third-order valence-electron chi connectivity index (χ3n) is 3.31. The van der Waals surface area contributed by atoms with Gasteiger partial charge in [-0.05, 0) is 24.9 Å². The molecule has 0 fully saturated rings. The molecule has 3 heteroatoms. The summed E-state index contributed by atoms with van der Waals surface area (Å²) in [7, 11) is 0. The maximum atomic E-state index is 5.88. The van der Waals surface area contributed by atoms with Gasteiger partial charge in [-0.25, -0.2) is 0 Å². The fourth-order valence-electron chi connectivity index (χ4n) is 2.32. The minimum absolute atomic E-state index is 0.332. The van der Waals surface area contributed by atoms with Crippen molar-refractivity contribution in [1.29, 1.82) is 0 Å². The first-order chi connectivity index (χ1) is 8.36. The molecule has 1 unspecified atom stereocenters. The number of benzene rings is 1. The van der Waals surface area contributed by atoms with Crippen molar-refractivity contribution >= 4 is 0 Å². The average Bonchev–Trinajstić information content (AvgIpc) is 2.83. The van der Waals surface area contributed by atoms with Gasteiger partial charge < -0.3 is 15.2 Å². The lowest BCUT2D eigenvalue weighted by atomic mass is 9.92. The molecule has 1 aromatic rings. The van der Waals surface area contributed by atoms with Crippen LogP contribution in [-0.2, 0) is 0 Å². The number of nitrogens with two attached hydrogens (primary N) is 1. The molecular formula is C14H21NO2. The van der Waals surface area contributed by atoms with Crippen LogP contribution in [0, 0.1) is 0 Å². The van der Waals surface area contributed by atoms with Crippen molar-refractivity contribution in [2.45, 2.75) is 38.5 Å². The van der Waals surface area contributed by atoms with Gasteiger partial charge >= 0.3 is 0 Å². The predicted molar refractivity (Wildman–Crippen MR) is 68.5 cm³/mol. The molecule has 0 spiro atoms. The van der Waals surface area contributed by atoms with E-state index in [-0.39, 0.29) is 0 Å². The van der Waals surface area contributed by atoms with E-state index in [0.717, 1.165) is 17.9 Å². The highest BCUT2D eigenvalue weighted by Crippen LogP contribution is 2.40. The van der Waals surface area contributed by atoms with E-state index in [1.807, 2.05) is 12.1 Å². The monoisotopic (exact) mass is 235 g/mol. The smallest absolute Gasteiger partial charge is 0.231 e. The molecule has 1 aliphatic heterocycles. The summed E-state index contributed by atoms with van der Waals surface area (Å²) in [4.78, 5) is 0. The van der Waals surface area contributed by atoms with Gasteiger partial charge in [0.25, 0.3) is 0 Å². The van der Waals surface area contributed by atoms with E-state index in [1.54, 1.807) is 0 Å². The van der Waals surface area contributed by atoms with Crippen LogP contribution in [-0.4, -0.2) is 13.3 Å². The van der Waals surface area contributed by atoms with Crippen LogP contribution in [0.4, 0.5) is 0 Å². The van der Waals surface area contributed by atoms with Crippen LogP contribution < -0.4 is 15.2 Å². The molecule has 0 aromatic heterocycles. The molecule has 0 amide bonds. The summed E-state index contributed by atoms with van der Waals surface area (Å²) in [6.07, 6.45) is 4.86. The van der Waals surface area contributed by atoms with Crippen LogP contribution >= 0.6 is 0 Å². The Morgan fingerprint density at radius 2 is 2.18 bits per heavy atom. The molecule has 1 aliphatic rings. The first-order valence-corrected chi connectivity index (χ1v) is 6.45. The zero-order valence-corrected chi connectivity index (χ0v) is 10.4. The highest BCUT2D eigenvalue weighted by atomic mass is 16.7. The van der Waals surface area contributed by atoms with E-state index in [0.29, 0.717) is 19.3 Å². The molecular weight excluding hydrogens is 214 g/mol. The van der Waals surface area contributed by atoms with Crippen molar-refractivity contribution < 1.29 is 9.47 Å². The number of rotatable bonds is 6. The largest absolute Gasteiger partial charge is 0.454 e. The molecule has 94 valence electrons. The van der Waals surface area contributed by atoms with E-state index in [1.165, 1.54) is 24.8 Å². The zero-order valence-electron chi connectivity index (χ0n) is 10.4. The Balaban J connectivity index is 2.11. The Morgan fingerprint density at radius 3 is 2.94 bits per heavy atom. The van der Waals surface area contributed by atoms with Crippen LogP contribution in [0.25, 0.3) is 0 Å². The minimum Gasteiger partial charge on any atom is -0.454 e. The lowest BCUT2D eigenvalue weighted by molar-refractivity contribution is 0.173. The first-order valence-electron chi connectivity index (χ1n) is 6.45. The molecule has 1 heterocycles. The summed E-state index contributed by atoms with van der Waals surface area (Å²) in [5, 5.41) is 0. The standard InChI is InChI=1S/C14H21NO2/c1-2-3-4-6-11(9-15)12-7-5-8-13-14(12)17-10-16-13/h5,7-8,11H,2-4,6,9-10,15H2,1H3. The molecule has 0 saturated carbocycles.